The number of rotatable bonds is 4. The summed E-state index contributed by atoms with van der Waals surface area (Å²) in [5.41, 5.74) is 0.927. The summed E-state index contributed by atoms with van der Waals surface area (Å²) < 4.78 is 0. The average Bonchev–Trinajstić information content (AvgIpc) is 2.41. The van der Waals surface area contributed by atoms with E-state index in [-0.39, 0.29) is 12.6 Å². The molecule has 0 saturated carbocycles. The van der Waals surface area contributed by atoms with Gasteiger partial charge in [-0.1, -0.05) is 30.3 Å². The summed E-state index contributed by atoms with van der Waals surface area (Å²) in [6.45, 7) is -0.0937. The van der Waals surface area contributed by atoms with Gasteiger partial charge < -0.3 is 10.0 Å². The lowest BCUT2D eigenvalue weighted by molar-refractivity contribution is -0.507. The molecule has 1 aliphatic rings. The summed E-state index contributed by atoms with van der Waals surface area (Å²) in [5, 5.41) is 20.0. The number of benzene rings is 1. The molecule has 6 heteroatoms. The molecule has 2 rings (SSSR count). The Morgan fingerprint density at radius 2 is 2.17 bits per heavy atom. The number of nitrogens with zero attached hydrogens (tertiary/aromatic N) is 3. The number of hydrogen-bond acceptors (Lipinski definition) is 5. The first-order valence-electron chi connectivity index (χ1n) is 5.50. The van der Waals surface area contributed by atoms with E-state index < -0.39 is 11.1 Å². The van der Waals surface area contributed by atoms with Gasteiger partial charge in [0, 0.05) is 12.3 Å². The van der Waals surface area contributed by atoms with Crippen molar-refractivity contribution in [3.05, 3.63) is 58.3 Å². The SMILES string of the molecule is O=[N+]([O-])C1C=CN(C(CO)c2ccccc2)C=N1. The minimum Gasteiger partial charge on any atom is -0.394 e. The molecule has 1 aliphatic heterocycles. The van der Waals surface area contributed by atoms with Crippen LogP contribution in [0.15, 0.2) is 47.6 Å². The van der Waals surface area contributed by atoms with Crippen LogP contribution in [0.2, 0.25) is 0 Å². The van der Waals surface area contributed by atoms with E-state index in [4.69, 9.17) is 0 Å². The zero-order valence-corrected chi connectivity index (χ0v) is 9.59. The standard InChI is InChI=1S/C12H13N3O3/c16-8-11(10-4-2-1-3-5-10)14-7-6-12(13-9-14)15(17)18/h1-7,9,11-12,16H,8H2. The lowest BCUT2D eigenvalue weighted by Gasteiger charge is -2.27. The predicted octanol–water partition coefficient (Wildman–Crippen LogP) is 1.18. The Morgan fingerprint density at radius 3 is 2.67 bits per heavy atom. The van der Waals surface area contributed by atoms with Crippen LogP contribution >= 0.6 is 0 Å². The molecule has 6 nitrogen and oxygen atoms in total. The van der Waals surface area contributed by atoms with E-state index in [0.717, 1.165) is 5.56 Å². The molecule has 0 bridgehead atoms. The highest BCUT2D eigenvalue weighted by atomic mass is 16.6. The van der Waals surface area contributed by atoms with Gasteiger partial charge >= 0.3 is 6.17 Å². The fourth-order valence-corrected chi connectivity index (χ4v) is 1.77. The Morgan fingerprint density at radius 1 is 1.44 bits per heavy atom. The van der Waals surface area contributed by atoms with Gasteiger partial charge in [0.25, 0.3) is 0 Å². The molecule has 0 saturated heterocycles. The first kappa shape index (κ1) is 12.3. The highest BCUT2D eigenvalue weighted by Crippen LogP contribution is 2.21. The van der Waals surface area contributed by atoms with Crippen LogP contribution in [0.5, 0.6) is 0 Å². The van der Waals surface area contributed by atoms with Gasteiger partial charge in [-0.3, -0.25) is 10.1 Å². The van der Waals surface area contributed by atoms with Crippen LogP contribution in [0.1, 0.15) is 11.6 Å². The van der Waals surface area contributed by atoms with Crippen LogP contribution in [0.3, 0.4) is 0 Å². The van der Waals surface area contributed by atoms with E-state index in [1.807, 2.05) is 30.3 Å². The quantitative estimate of drug-likeness (QED) is 0.640. The molecule has 0 spiro atoms. The van der Waals surface area contributed by atoms with Crippen molar-refractivity contribution < 1.29 is 10.0 Å². The highest BCUT2D eigenvalue weighted by molar-refractivity contribution is 5.59. The predicted molar refractivity (Wildman–Crippen MR) is 66.5 cm³/mol. The second kappa shape index (κ2) is 5.42. The normalized spacial score (nSPS) is 19.8. The van der Waals surface area contributed by atoms with Crippen LogP contribution in [-0.4, -0.2) is 34.0 Å². The van der Waals surface area contributed by atoms with Gasteiger partial charge in [-0.15, -0.1) is 0 Å². The molecule has 94 valence electrons. The maximum absolute atomic E-state index is 10.5. The third-order valence-corrected chi connectivity index (χ3v) is 2.72. The van der Waals surface area contributed by atoms with Gasteiger partial charge in [0.2, 0.25) is 0 Å². The van der Waals surface area contributed by atoms with Crippen LogP contribution in [0.25, 0.3) is 0 Å². The molecule has 1 aromatic rings. The van der Waals surface area contributed by atoms with Crippen LogP contribution < -0.4 is 0 Å². The van der Waals surface area contributed by atoms with Gasteiger partial charge in [-0.2, -0.15) is 4.99 Å². The first-order valence-corrected chi connectivity index (χ1v) is 5.50. The first-order chi connectivity index (χ1) is 8.72. The lowest BCUT2D eigenvalue weighted by atomic mass is 10.1. The highest BCUT2D eigenvalue weighted by Gasteiger charge is 2.22. The van der Waals surface area contributed by atoms with E-state index in [9.17, 15) is 15.2 Å². The molecule has 0 aliphatic carbocycles. The van der Waals surface area contributed by atoms with Crippen molar-refractivity contribution in [2.24, 2.45) is 4.99 Å². The lowest BCUT2D eigenvalue weighted by Crippen LogP contribution is -2.30. The summed E-state index contributed by atoms with van der Waals surface area (Å²) in [6.07, 6.45) is 3.33. The Bertz CT molecular complexity index is 459. The van der Waals surface area contributed by atoms with Crippen LogP contribution in [-0.2, 0) is 0 Å². The monoisotopic (exact) mass is 247 g/mol. The van der Waals surface area contributed by atoms with Crippen LogP contribution in [0.4, 0.5) is 0 Å². The molecule has 0 fully saturated rings. The molecule has 18 heavy (non-hydrogen) atoms. The van der Waals surface area contributed by atoms with E-state index in [2.05, 4.69) is 4.99 Å². The van der Waals surface area contributed by atoms with Crippen molar-refractivity contribution in [2.45, 2.75) is 12.2 Å². The third kappa shape index (κ3) is 2.54. The van der Waals surface area contributed by atoms with E-state index >= 15 is 0 Å². The number of aliphatic hydroxyl groups excluding tert-OH is 1. The van der Waals surface area contributed by atoms with Crippen molar-refractivity contribution in [2.75, 3.05) is 6.61 Å². The van der Waals surface area contributed by atoms with Gasteiger partial charge in [0.15, 0.2) is 0 Å². The minimum atomic E-state index is -1.03. The number of nitro groups is 1. The Labute approximate surface area is 104 Å². The maximum Gasteiger partial charge on any atom is 0.325 e. The van der Waals surface area contributed by atoms with Crippen molar-refractivity contribution in [3.63, 3.8) is 0 Å². The van der Waals surface area contributed by atoms with Crippen molar-refractivity contribution >= 4 is 6.34 Å². The van der Waals surface area contributed by atoms with E-state index in [1.165, 1.54) is 12.4 Å². The molecule has 1 aromatic carbocycles. The fourth-order valence-electron chi connectivity index (χ4n) is 1.77. The van der Waals surface area contributed by atoms with Gasteiger partial charge in [-0.05, 0) is 5.56 Å². The Kier molecular flexibility index (Phi) is 3.69. The second-order valence-corrected chi connectivity index (χ2v) is 3.86. The fraction of sp³-hybridized carbons (Fsp3) is 0.250. The third-order valence-electron chi connectivity index (χ3n) is 2.72. The van der Waals surface area contributed by atoms with Crippen molar-refractivity contribution in [1.29, 1.82) is 0 Å². The van der Waals surface area contributed by atoms with E-state index in [0.29, 0.717) is 0 Å². The molecule has 1 heterocycles. The van der Waals surface area contributed by atoms with Gasteiger partial charge in [0.05, 0.1) is 23.9 Å². The van der Waals surface area contributed by atoms with Crippen LogP contribution in [0, 0.1) is 10.1 Å². The Balaban J connectivity index is 2.15. The summed E-state index contributed by atoms with van der Waals surface area (Å²) in [5.74, 6) is 0. The smallest absolute Gasteiger partial charge is 0.325 e. The molecule has 2 atom stereocenters. The topological polar surface area (TPSA) is 79.0 Å². The zero-order chi connectivity index (χ0) is 13.0. The summed E-state index contributed by atoms with van der Waals surface area (Å²) in [4.78, 5) is 15.5. The van der Waals surface area contributed by atoms with Gasteiger partial charge in [0.1, 0.15) is 0 Å². The molecule has 0 amide bonds. The zero-order valence-electron chi connectivity index (χ0n) is 9.59. The van der Waals surface area contributed by atoms with E-state index in [1.54, 1.807) is 11.1 Å². The van der Waals surface area contributed by atoms with Crippen molar-refractivity contribution in [1.82, 2.24) is 4.90 Å². The summed E-state index contributed by atoms with van der Waals surface area (Å²) in [7, 11) is 0. The largest absolute Gasteiger partial charge is 0.394 e. The molecule has 1 N–H and O–H groups in total. The Hall–Kier alpha value is -2.21. The number of aliphatic imine (C=N–C) groups is 1. The maximum atomic E-state index is 10.5. The minimum absolute atomic E-state index is 0.0937. The average molecular weight is 247 g/mol. The molecular formula is C12H13N3O3. The summed E-state index contributed by atoms with van der Waals surface area (Å²) in [6, 6.07) is 9.15. The second-order valence-electron chi connectivity index (χ2n) is 3.86. The van der Waals surface area contributed by atoms with Crippen molar-refractivity contribution in [3.8, 4) is 0 Å². The van der Waals surface area contributed by atoms with Gasteiger partial charge in [-0.25, -0.2) is 0 Å². The summed E-state index contributed by atoms with van der Waals surface area (Å²) >= 11 is 0. The molecular weight excluding hydrogens is 234 g/mol. The molecule has 2 unspecified atom stereocenters. The molecule has 0 radical (unpaired) electrons. The number of hydrogen-bond donors (Lipinski definition) is 1. The molecule has 0 aromatic heterocycles. The number of aliphatic hydroxyl groups is 1.